The summed E-state index contributed by atoms with van der Waals surface area (Å²) in [4.78, 5) is 36.1. The van der Waals surface area contributed by atoms with Gasteiger partial charge in [-0.2, -0.15) is 0 Å². The molecule has 0 heterocycles. The van der Waals surface area contributed by atoms with Crippen molar-refractivity contribution in [3.05, 3.63) is 68.3 Å². The average Bonchev–Trinajstić information content (AvgIpc) is 2.65. The molecule has 0 fully saturated rings. The number of methoxy groups -OCH3 is 2. The first-order chi connectivity index (χ1) is 13.0. The molecular formula is C21H23NO6. The molecule has 0 amide bonds. The summed E-state index contributed by atoms with van der Waals surface area (Å²) in [5.41, 5.74) is 1.06. The summed E-state index contributed by atoms with van der Waals surface area (Å²) in [5.74, 6) is -0.680. The summed E-state index contributed by atoms with van der Waals surface area (Å²) in [5, 5.41) is 11.0. The number of hydrogen-bond acceptors (Lipinski definition) is 6. The molecular weight excluding hydrogens is 362 g/mol. The number of nitro benzene ring substituents is 1. The summed E-state index contributed by atoms with van der Waals surface area (Å²) in [7, 11) is 2.71. The van der Waals surface area contributed by atoms with E-state index in [1.54, 1.807) is 13.0 Å². The molecule has 2 rings (SSSR count). The third kappa shape index (κ3) is 3.88. The van der Waals surface area contributed by atoms with Gasteiger partial charge in [0.1, 0.15) is 11.3 Å². The predicted molar refractivity (Wildman–Crippen MR) is 104 cm³/mol. The molecule has 0 bridgehead atoms. The summed E-state index contributed by atoms with van der Waals surface area (Å²) >= 11 is 0. The van der Waals surface area contributed by atoms with Crippen LogP contribution in [0.5, 0.6) is 5.75 Å². The van der Waals surface area contributed by atoms with E-state index >= 15 is 0 Å². The van der Waals surface area contributed by atoms with Gasteiger partial charge in [-0.1, -0.05) is 32.9 Å². The second kappa shape index (κ2) is 7.80. The highest BCUT2D eigenvalue weighted by atomic mass is 16.6. The van der Waals surface area contributed by atoms with Gasteiger partial charge in [0.2, 0.25) is 0 Å². The summed E-state index contributed by atoms with van der Waals surface area (Å²) in [6.07, 6.45) is 0. The van der Waals surface area contributed by atoms with Crippen LogP contribution in [-0.2, 0) is 10.2 Å². The van der Waals surface area contributed by atoms with Crippen LogP contribution < -0.4 is 4.74 Å². The Labute approximate surface area is 163 Å². The van der Waals surface area contributed by atoms with Crippen molar-refractivity contribution in [3.63, 3.8) is 0 Å². The fraction of sp³-hybridized carbons (Fsp3) is 0.333. The highest BCUT2D eigenvalue weighted by Gasteiger charge is 2.30. The van der Waals surface area contributed by atoms with Crippen LogP contribution in [0.4, 0.5) is 5.69 Å². The van der Waals surface area contributed by atoms with Gasteiger partial charge < -0.3 is 9.47 Å². The molecule has 0 unspecified atom stereocenters. The Balaban J connectivity index is 2.80. The summed E-state index contributed by atoms with van der Waals surface area (Å²) in [6.45, 7) is 7.43. The normalized spacial score (nSPS) is 11.1. The van der Waals surface area contributed by atoms with E-state index in [-0.39, 0.29) is 22.4 Å². The molecule has 0 saturated carbocycles. The van der Waals surface area contributed by atoms with Crippen molar-refractivity contribution in [2.24, 2.45) is 0 Å². The molecule has 28 heavy (non-hydrogen) atoms. The van der Waals surface area contributed by atoms with Crippen LogP contribution in [-0.4, -0.2) is 30.9 Å². The molecule has 0 atom stereocenters. The second-order valence-electron chi connectivity index (χ2n) is 7.38. The van der Waals surface area contributed by atoms with E-state index in [4.69, 9.17) is 9.47 Å². The number of ketones is 1. The molecule has 0 spiro atoms. The minimum atomic E-state index is -0.617. The maximum absolute atomic E-state index is 13.2. The third-order valence-corrected chi connectivity index (χ3v) is 4.50. The first-order valence-electron chi connectivity index (χ1n) is 8.62. The number of ether oxygens (including phenoxy) is 2. The maximum atomic E-state index is 13.2. The highest BCUT2D eigenvalue weighted by molar-refractivity contribution is 6.12. The van der Waals surface area contributed by atoms with Crippen LogP contribution in [0.15, 0.2) is 30.3 Å². The van der Waals surface area contributed by atoms with E-state index in [0.717, 1.165) is 0 Å². The minimum Gasteiger partial charge on any atom is -0.496 e. The number of esters is 1. The molecule has 0 saturated heterocycles. The fourth-order valence-corrected chi connectivity index (χ4v) is 3.03. The monoisotopic (exact) mass is 385 g/mol. The molecule has 2 aromatic carbocycles. The molecule has 7 heteroatoms. The Hall–Kier alpha value is -3.22. The van der Waals surface area contributed by atoms with Crippen molar-refractivity contribution in [2.75, 3.05) is 14.2 Å². The van der Waals surface area contributed by atoms with Crippen molar-refractivity contribution in [3.8, 4) is 5.75 Å². The number of nitro groups is 1. The van der Waals surface area contributed by atoms with Gasteiger partial charge in [-0.05, 0) is 24.0 Å². The molecule has 0 N–H and O–H groups in total. The van der Waals surface area contributed by atoms with E-state index < -0.39 is 22.1 Å². The fourth-order valence-electron chi connectivity index (χ4n) is 3.03. The molecule has 7 nitrogen and oxygen atoms in total. The van der Waals surface area contributed by atoms with E-state index in [1.807, 2.05) is 20.8 Å². The number of nitrogens with zero attached hydrogens (tertiary/aromatic N) is 1. The number of non-ortho nitro benzene ring substituents is 1. The molecule has 0 aliphatic rings. The number of rotatable bonds is 5. The Bertz CT molecular complexity index is 956. The van der Waals surface area contributed by atoms with Gasteiger partial charge in [0, 0.05) is 28.8 Å². The SMILES string of the molecule is COC(=O)c1c(C)c(C(=O)c2cccc([N+](=O)[O-])c2)cc(C(C)(C)C)c1OC. The summed E-state index contributed by atoms with van der Waals surface area (Å²) in [6, 6.07) is 7.18. The molecule has 0 aliphatic heterocycles. The van der Waals surface area contributed by atoms with Crippen molar-refractivity contribution in [2.45, 2.75) is 33.1 Å². The topological polar surface area (TPSA) is 95.7 Å². The van der Waals surface area contributed by atoms with E-state index in [2.05, 4.69) is 0 Å². The van der Waals surface area contributed by atoms with E-state index in [9.17, 15) is 19.7 Å². The van der Waals surface area contributed by atoms with Gasteiger partial charge in [-0.25, -0.2) is 4.79 Å². The van der Waals surface area contributed by atoms with Crippen molar-refractivity contribution in [1.82, 2.24) is 0 Å². The first kappa shape index (κ1) is 21.1. The van der Waals surface area contributed by atoms with Crippen molar-refractivity contribution >= 4 is 17.4 Å². The standard InChI is InChI=1S/C21H23NO6/c1-12-15(18(23)13-8-7-9-14(10-13)22(25)26)11-16(21(2,3)4)19(27-5)17(12)20(24)28-6/h7-11H,1-6H3. The third-order valence-electron chi connectivity index (χ3n) is 4.50. The molecule has 0 radical (unpaired) electrons. The number of carbonyl (C=O) groups is 2. The van der Waals surface area contributed by atoms with Crippen LogP contribution >= 0.6 is 0 Å². The van der Waals surface area contributed by atoms with Crippen LogP contribution in [0, 0.1) is 17.0 Å². The molecule has 0 aromatic heterocycles. The van der Waals surface area contributed by atoms with Gasteiger partial charge in [0.15, 0.2) is 5.78 Å². The lowest BCUT2D eigenvalue weighted by Crippen LogP contribution is -2.20. The zero-order valence-corrected chi connectivity index (χ0v) is 16.8. The van der Waals surface area contributed by atoms with Crippen LogP contribution in [0.2, 0.25) is 0 Å². The zero-order valence-electron chi connectivity index (χ0n) is 16.8. The number of benzene rings is 2. The Morgan fingerprint density at radius 2 is 1.75 bits per heavy atom. The van der Waals surface area contributed by atoms with Crippen LogP contribution in [0.25, 0.3) is 0 Å². The second-order valence-corrected chi connectivity index (χ2v) is 7.38. The van der Waals surface area contributed by atoms with Crippen molar-refractivity contribution < 1.29 is 24.0 Å². The Morgan fingerprint density at radius 3 is 2.25 bits per heavy atom. The number of carbonyl (C=O) groups excluding carboxylic acids is 2. The van der Waals surface area contributed by atoms with Gasteiger partial charge in [0.05, 0.1) is 19.1 Å². The Morgan fingerprint density at radius 1 is 1.11 bits per heavy atom. The summed E-state index contributed by atoms with van der Waals surface area (Å²) < 4.78 is 10.4. The predicted octanol–water partition coefficient (Wildman–Crippen LogP) is 4.23. The molecule has 2 aromatic rings. The largest absolute Gasteiger partial charge is 0.496 e. The van der Waals surface area contributed by atoms with Gasteiger partial charge in [-0.3, -0.25) is 14.9 Å². The van der Waals surface area contributed by atoms with Crippen molar-refractivity contribution in [1.29, 1.82) is 0 Å². The quantitative estimate of drug-likeness (QED) is 0.331. The molecule has 0 aliphatic carbocycles. The van der Waals surface area contributed by atoms with E-state index in [1.165, 1.54) is 38.5 Å². The van der Waals surface area contributed by atoms with Crippen LogP contribution in [0.3, 0.4) is 0 Å². The van der Waals surface area contributed by atoms with Gasteiger partial charge >= 0.3 is 5.97 Å². The Kier molecular flexibility index (Phi) is 5.87. The molecule has 148 valence electrons. The number of hydrogen-bond donors (Lipinski definition) is 0. The lowest BCUT2D eigenvalue weighted by Gasteiger charge is -2.26. The smallest absolute Gasteiger partial charge is 0.341 e. The zero-order chi connectivity index (χ0) is 21.2. The van der Waals surface area contributed by atoms with Gasteiger partial charge in [-0.15, -0.1) is 0 Å². The highest BCUT2D eigenvalue weighted by Crippen LogP contribution is 2.38. The van der Waals surface area contributed by atoms with Gasteiger partial charge in [0.25, 0.3) is 5.69 Å². The van der Waals surface area contributed by atoms with E-state index in [0.29, 0.717) is 16.9 Å². The lowest BCUT2D eigenvalue weighted by molar-refractivity contribution is -0.384. The lowest BCUT2D eigenvalue weighted by atomic mass is 9.81. The first-order valence-corrected chi connectivity index (χ1v) is 8.62. The van der Waals surface area contributed by atoms with Crippen LogP contribution in [0.1, 0.15) is 58.2 Å². The average molecular weight is 385 g/mol. The maximum Gasteiger partial charge on any atom is 0.341 e. The minimum absolute atomic E-state index is 0.165.